The van der Waals surface area contributed by atoms with E-state index >= 15 is 0 Å². The zero-order chi connectivity index (χ0) is 13.0. The van der Waals surface area contributed by atoms with Crippen LogP contribution >= 0.6 is 0 Å². The fourth-order valence-electron chi connectivity index (χ4n) is 2.37. The van der Waals surface area contributed by atoms with Crippen molar-refractivity contribution in [2.75, 3.05) is 38.5 Å². The Kier molecular flexibility index (Phi) is 5.00. The molecule has 1 atom stereocenters. The first-order valence-electron chi connectivity index (χ1n) is 7.02. The maximum atomic E-state index is 11.8. The Balaban J connectivity index is 1.61. The van der Waals surface area contributed by atoms with Crippen LogP contribution in [0.4, 0.5) is 0 Å². The van der Waals surface area contributed by atoms with E-state index in [0.29, 0.717) is 25.0 Å². The van der Waals surface area contributed by atoms with Gasteiger partial charge >= 0.3 is 0 Å². The molecule has 5 nitrogen and oxygen atoms in total. The summed E-state index contributed by atoms with van der Waals surface area (Å²) < 4.78 is 26.3. The van der Waals surface area contributed by atoms with Crippen molar-refractivity contribution in [3.8, 4) is 0 Å². The van der Waals surface area contributed by atoms with Crippen molar-refractivity contribution in [2.45, 2.75) is 32.2 Å². The maximum Gasteiger partial charge on any atom is 0.212 e. The van der Waals surface area contributed by atoms with E-state index < -0.39 is 10.0 Å². The number of nitrogens with one attached hydrogen (secondary N) is 2. The number of hydrogen-bond donors (Lipinski definition) is 2. The van der Waals surface area contributed by atoms with Gasteiger partial charge in [-0.3, -0.25) is 0 Å². The van der Waals surface area contributed by atoms with Gasteiger partial charge in [0.2, 0.25) is 10.0 Å². The van der Waals surface area contributed by atoms with E-state index in [2.05, 4.69) is 21.9 Å². The van der Waals surface area contributed by atoms with Crippen LogP contribution in [-0.4, -0.2) is 57.8 Å². The van der Waals surface area contributed by atoms with Crippen LogP contribution in [0, 0.1) is 5.92 Å². The molecule has 0 aromatic rings. The van der Waals surface area contributed by atoms with Crippen LogP contribution in [-0.2, 0) is 10.0 Å². The van der Waals surface area contributed by atoms with Crippen LogP contribution in [0.2, 0.25) is 0 Å². The van der Waals surface area contributed by atoms with Gasteiger partial charge in [0, 0.05) is 25.7 Å². The van der Waals surface area contributed by atoms with Crippen molar-refractivity contribution in [1.82, 2.24) is 14.9 Å². The number of rotatable bonds is 8. The molecule has 0 aromatic heterocycles. The lowest BCUT2D eigenvalue weighted by Gasteiger charge is -2.14. The fraction of sp³-hybridized carbons (Fsp3) is 1.00. The summed E-state index contributed by atoms with van der Waals surface area (Å²) in [6.07, 6.45) is 3.50. The molecular formula is C12H25N3O2S. The number of sulfonamides is 1. The van der Waals surface area contributed by atoms with Crippen LogP contribution in [0.3, 0.4) is 0 Å². The third kappa shape index (κ3) is 4.84. The smallest absolute Gasteiger partial charge is 0.212 e. The molecular weight excluding hydrogens is 250 g/mol. The third-order valence-corrected chi connectivity index (χ3v) is 5.14. The SMILES string of the molecule is CCN1CCC(CNS(=O)(=O)CCNC2CC2)C1. The van der Waals surface area contributed by atoms with Crippen LogP contribution in [0.5, 0.6) is 0 Å². The van der Waals surface area contributed by atoms with Gasteiger partial charge < -0.3 is 10.2 Å². The van der Waals surface area contributed by atoms with Gasteiger partial charge in [0.1, 0.15) is 0 Å². The second kappa shape index (κ2) is 6.32. The third-order valence-electron chi connectivity index (χ3n) is 3.79. The fourth-order valence-corrected chi connectivity index (χ4v) is 3.39. The summed E-state index contributed by atoms with van der Waals surface area (Å²) in [6, 6.07) is 0.577. The Labute approximate surface area is 110 Å². The van der Waals surface area contributed by atoms with Gasteiger partial charge in [0.05, 0.1) is 5.75 Å². The quantitative estimate of drug-likeness (QED) is 0.654. The highest BCUT2D eigenvalue weighted by Gasteiger charge is 2.24. The molecule has 0 amide bonds. The van der Waals surface area contributed by atoms with E-state index in [4.69, 9.17) is 0 Å². The van der Waals surface area contributed by atoms with E-state index in [1.165, 1.54) is 12.8 Å². The molecule has 6 heteroatoms. The molecule has 2 rings (SSSR count). The molecule has 0 spiro atoms. The van der Waals surface area contributed by atoms with Gasteiger partial charge in [-0.2, -0.15) is 0 Å². The largest absolute Gasteiger partial charge is 0.313 e. The summed E-state index contributed by atoms with van der Waals surface area (Å²) in [5, 5.41) is 3.23. The van der Waals surface area contributed by atoms with Crippen LogP contribution in [0.15, 0.2) is 0 Å². The predicted octanol–water partition coefficient (Wildman–Crippen LogP) is -0.000400. The Hall–Kier alpha value is -0.170. The minimum absolute atomic E-state index is 0.202. The lowest BCUT2D eigenvalue weighted by Crippen LogP contribution is -2.36. The molecule has 0 aromatic carbocycles. The average Bonchev–Trinajstić information content (AvgIpc) is 3.03. The summed E-state index contributed by atoms with van der Waals surface area (Å²) in [5.41, 5.74) is 0. The first-order chi connectivity index (χ1) is 8.59. The topological polar surface area (TPSA) is 61.4 Å². The Morgan fingerprint density at radius 1 is 1.28 bits per heavy atom. The van der Waals surface area contributed by atoms with Crippen molar-refractivity contribution >= 4 is 10.0 Å². The highest BCUT2D eigenvalue weighted by Crippen LogP contribution is 2.18. The standard InChI is InChI=1S/C12H25N3O2S/c1-2-15-7-5-11(10-15)9-14-18(16,17)8-6-13-12-3-4-12/h11-14H,2-10H2,1H3. The van der Waals surface area contributed by atoms with E-state index in [9.17, 15) is 8.42 Å². The summed E-state index contributed by atoms with van der Waals surface area (Å²) in [7, 11) is -3.09. The number of likely N-dealkylation sites (tertiary alicyclic amines) is 1. The molecule has 1 saturated carbocycles. The van der Waals surface area contributed by atoms with Gasteiger partial charge in [-0.05, 0) is 38.3 Å². The van der Waals surface area contributed by atoms with E-state index in [1.807, 2.05) is 0 Å². The van der Waals surface area contributed by atoms with Crippen molar-refractivity contribution in [2.24, 2.45) is 5.92 Å². The zero-order valence-electron chi connectivity index (χ0n) is 11.2. The Bertz CT molecular complexity index is 354. The highest BCUT2D eigenvalue weighted by atomic mass is 32.2. The van der Waals surface area contributed by atoms with Crippen molar-refractivity contribution in [1.29, 1.82) is 0 Å². The van der Waals surface area contributed by atoms with Gasteiger partial charge in [-0.1, -0.05) is 6.92 Å². The lowest BCUT2D eigenvalue weighted by atomic mass is 10.1. The monoisotopic (exact) mass is 275 g/mol. The molecule has 2 fully saturated rings. The number of nitrogens with zero attached hydrogens (tertiary/aromatic N) is 1. The minimum atomic E-state index is -3.09. The summed E-state index contributed by atoms with van der Waals surface area (Å²) in [4.78, 5) is 2.37. The molecule has 1 heterocycles. The minimum Gasteiger partial charge on any atom is -0.313 e. The molecule has 106 valence electrons. The highest BCUT2D eigenvalue weighted by molar-refractivity contribution is 7.89. The molecule has 2 N–H and O–H groups in total. The number of hydrogen-bond acceptors (Lipinski definition) is 4. The van der Waals surface area contributed by atoms with Crippen molar-refractivity contribution < 1.29 is 8.42 Å². The molecule has 1 aliphatic carbocycles. The van der Waals surface area contributed by atoms with Crippen LogP contribution in [0.25, 0.3) is 0 Å². The van der Waals surface area contributed by atoms with Gasteiger partial charge in [0.25, 0.3) is 0 Å². The van der Waals surface area contributed by atoms with E-state index in [0.717, 1.165) is 26.1 Å². The van der Waals surface area contributed by atoms with E-state index in [1.54, 1.807) is 0 Å². The van der Waals surface area contributed by atoms with E-state index in [-0.39, 0.29) is 5.75 Å². The Morgan fingerprint density at radius 2 is 2.06 bits per heavy atom. The van der Waals surface area contributed by atoms with Crippen molar-refractivity contribution in [3.63, 3.8) is 0 Å². The predicted molar refractivity (Wildman–Crippen MR) is 73.0 cm³/mol. The molecule has 1 saturated heterocycles. The van der Waals surface area contributed by atoms with Gasteiger partial charge in [0.15, 0.2) is 0 Å². The van der Waals surface area contributed by atoms with Crippen LogP contribution < -0.4 is 10.0 Å². The molecule has 18 heavy (non-hydrogen) atoms. The Morgan fingerprint density at radius 3 is 2.67 bits per heavy atom. The zero-order valence-corrected chi connectivity index (χ0v) is 12.0. The second-order valence-corrected chi connectivity index (χ2v) is 7.37. The van der Waals surface area contributed by atoms with Crippen molar-refractivity contribution in [3.05, 3.63) is 0 Å². The van der Waals surface area contributed by atoms with Crippen LogP contribution in [0.1, 0.15) is 26.2 Å². The first-order valence-corrected chi connectivity index (χ1v) is 8.67. The normalized spacial score (nSPS) is 25.7. The molecule has 2 aliphatic rings. The summed E-state index contributed by atoms with van der Waals surface area (Å²) in [6.45, 7) is 6.52. The molecule has 1 aliphatic heterocycles. The lowest BCUT2D eigenvalue weighted by molar-refractivity contribution is 0.342. The van der Waals surface area contributed by atoms with Gasteiger partial charge in [-0.25, -0.2) is 13.1 Å². The molecule has 0 bridgehead atoms. The summed E-state index contributed by atoms with van der Waals surface area (Å²) >= 11 is 0. The molecule has 0 radical (unpaired) electrons. The summed E-state index contributed by atoms with van der Waals surface area (Å²) in [5.74, 6) is 0.685. The second-order valence-electron chi connectivity index (χ2n) is 5.44. The van der Waals surface area contributed by atoms with Gasteiger partial charge in [-0.15, -0.1) is 0 Å². The first kappa shape index (κ1) is 14.2. The maximum absolute atomic E-state index is 11.8. The molecule has 1 unspecified atom stereocenters. The average molecular weight is 275 g/mol.